The van der Waals surface area contributed by atoms with E-state index in [1.54, 1.807) is 38.1 Å². The lowest BCUT2D eigenvalue weighted by molar-refractivity contribution is -0.146. The first-order chi connectivity index (χ1) is 10.4. The number of hydrogen-bond acceptors (Lipinski definition) is 3. The fourth-order valence-electron chi connectivity index (χ4n) is 2.59. The van der Waals surface area contributed by atoms with Crippen molar-refractivity contribution in [3.63, 3.8) is 0 Å². The third kappa shape index (κ3) is 3.80. The van der Waals surface area contributed by atoms with Crippen LogP contribution in [0.5, 0.6) is 5.75 Å². The van der Waals surface area contributed by atoms with Gasteiger partial charge in [0.05, 0.1) is 0 Å². The van der Waals surface area contributed by atoms with Crippen LogP contribution in [0.4, 0.5) is 0 Å². The topological polar surface area (TPSA) is 49.9 Å². The number of likely N-dealkylation sites (N-methyl/N-ethyl adjacent to an activating group) is 1. The molecule has 0 aromatic heterocycles. The fraction of sp³-hybridized carbons (Fsp3) is 0.500. The molecule has 0 aliphatic carbocycles. The van der Waals surface area contributed by atoms with E-state index < -0.39 is 6.10 Å². The van der Waals surface area contributed by atoms with E-state index in [0.717, 1.165) is 10.9 Å². The fourth-order valence-corrected chi connectivity index (χ4v) is 2.85. The molecule has 2 amide bonds. The summed E-state index contributed by atoms with van der Waals surface area (Å²) in [6.45, 7) is 2.33. The average Bonchev–Trinajstić information content (AvgIpc) is 2.97. The lowest BCUT2D eigenvalue weighted by atomic mass is 10.2. The number of halogens is 1. The maximum atomic E-state index is 12.6. The minimum Gasteiger partial charge on any atom is -0.481 e. The number of carbonyl (C=O) groups is 2. The monoisotopic (exact) mass is 368 g/mol. The predicted octanol–water partition coefficient (Wildman–Crippen LogP) is 2.30. The Hall–Kier alpha value is -1.56. The first-order valence-electron chi connectivity index (χ1n) is 7.34. The zero-order chi connectivity index (χ0) is 16.3. The Bertz CT molecular complexity index is 545. The number of benzene rings is 1. The third-order valence-corrected chi connectivity index (χ3v) is 4.26. The van der Waals surface area contributed by atoms with Crippen LogP contribution >= 0.6 is 15.9 Å². The smallest absolute Gasteiger partial charge is 0.264 e. The molecule has 22 heavy (non-hydrogen) atoms. The number of ether oxygens (including phenoxy) is 1. The van der Waals surface area contributed by atoms with Crippen LogP contribution in [0.15, 0.2) is 28.7 Å². The SMILES string of the molecule is CC(Oc1ccc(Br)cc1)C(=O)N1CCCC1C(=O)N(C)C. The van der Waals surface area contributed by atoms with Crippen molar-refractivity contribution < 1.29 is 14.3 Å². The number of nitrogens with zero attached hydrogens (tertiary/aromatic N) is 2. The molecule has 1 fully saturated rings. The molecule has 5 nitrogen and oxygen atoms in total. The van der Waals surface area contributed by atoms with Gasteiger partial charge in [0.1, 0.15) is 11.8 Å². The summed E-state index contributed by atoms with van der Waals surface area (Å²) in [7, 11) is 3.43. The normalized spacial score (nSPS) is 18.9. The van der Waals surface area contributed by atoms with Gasteiger partial charge in [-0.15, -0.1) is 0 Å². The van der Waals surface area contributed by atoms with Gasteiger partial charge in [0.2, 0.25) is 5.91 Å². The molecule has 0 saturated carbocycles. The van der Waals surface area contributed by atoms with Gasteiger partial charge in [0.15, 0.2) is 6.10 Å². The van der Waals surface area contributed by atoms with Gasteiger partial charge < -0.3 is 14.5 Å². The Labute approximate surface area is 139 Å². The largest absolute Gasteiger partial charge is 0.481 e. The van der Waals surface area contributed by atoms with E-state index in [2.05, 4.69) is 15.9 Å². The Morgan fingerprint density at radius 2 is 1.95 bits per heavy atom. The van der Waals surface area contributed by atoms with Gasteiger partial charge in [-0.2, -0.15) is 0 Å². The number of rotatable bonds is 4. The third-order valence-electron chi connectivity index (χ3n) is 3.74. The second-order valence-corrected chi connectivity index (χ2v) is 6.55. The molecule has 1 aliphatic heterocycles. The minimum atomic E-state index is -0.614. The highest BCUT2D eigenvalue weighted by Gasteiger charge is 2.37. The van der Waals surface area contributed by atoms with Gasteiger partial charge in [0, 0.05) is 25.1 Å². The molecule has 0 radical (unpaired) electrons. The van der Waals surface area contributed by atoms with Crippen molar-refractivity contribution >= 4 is 27.7 Å². The van der Waals surface area contributed by atoms with Crippen LogP contribution < -0.4 is 4.74 Å². The number of likely N-dealkylation sites (tertiary alicyclic amines) is 1. The van der Waals surface area contributed by atoms with Crippen LogP contribution in [0.25, 0.3) is 0 Å². The summed E-state index contributed by atoms with van der Waals surface area (Å²) in [4.78, 5) is 27.9. The Morgan fingerprint density at radius 3 is 2.55 bits per heavy atom. The van der Waals surface area contributed by atoms with Crippen molar-refractivity contribution in [1.82, 2.24) is 9.80 Å². The van der Waals surface area contributed by atoms with Crippen molar-refractivity contribution in [1.29, 1.82) is 0 Å². The highest BCUT2D eigenvalue weighted by atomic mass is 79.9. The van der Waals surface area contributed by atoms with Crippen LogP contribution in [-0.4, -0.2) is 54.4 Å². The Kier molecular flexibility index (Phi) is 5.45. The van der Waals surface area contributed by atoms with Crippen molar-refractivity contribution in [3.05, 3.63) is 28.7 Å². The zero-order valence-corrected chi connectivity index (χ0v) is 14.7. The highest BCUT2D eigenvalue weighted by Crippen LogP contribution is 2.22. The second-order valence-electron chi connectivity index (χ2n) is 5.64. The molecule has 1 saturated heterocycles. The van der Waals surface area contributed by atoms with Gasteiger partial charge >= 0.3 is 0 Å². The average molecular weight is 369 g/mol. The molecule has 1 aromatic rings. The maximum absolute atomic E-state index is 12.6. The van der Waals surface area contributed by atoms with Crippen LogP contribution in [0, 0.1) is 0 Å². The molecule has 6 heteroatoms. The summed E-state index contributed by atoms with van der Waals surface area (Å²) in [5.74, 6) is 0.473. The van der Waals surface area contributed by atoms with Crippen LogP contribution in [0.3, 0.4) is 0 Å². The molecule has 2 rings (SSSR count). The van der Waals surface area contributed by atoms with Gasteiger partial charge in [-0.25, -0.2) is 0 Å². The summed E-state index contributed by atoms with van der Waals surface area (Å²) in [5, 5.41) is 0. The summed E-state index contributed by atoms with van der Waals surface area (Å²) in [6, 6.07) is 6.97. The van der Waals surface area contributed by atoms with Gasteiger partial charge in [-0.3, -0.25) is 9.59 Å². The van der Waals surface area contributed by atoms with E-state index in [1.807, 2.05) is 12.1 Å². The molecule has 0 bridgehead atoms. The molecule has 120 valence electrons. The molecule has 0 spiro atoms. The molecular weight excluding hydrogens is 348 g/mol. The molecule has 1 aliphatic rings. The zero-order valence-electron chi connectivity index (χ0n) is 13.1. The summed E-state index contributed by atoms with van der Waals surface area (Å²) in [6.07, 6.45) is 0.950. The van der Waals surface area contributed by atoms with Crippen molar-refractivity contribution in [2.75, 3.05) is 20.6 Å². The quantitative estimate of drug-likeness (QED) is 0.819. The minimum absolute atomic E-state index is 0.0262. The van der Waals surface area contributed by atoms with Gasteiger partial charge in [0.25, 0.3) is 5.91 Å². The maximum Gasteiger partial charge on any atom is 0.264 e. The number of hydrogen-bond donors (Lipinski definition) is 0. The van der Waals surface area contributed by atoms with Crippen LogP contribution in [0.2, 0.25) is 0 Å². The number of amides is 2. The Morgan fingerprint density at radius 1 is 1.32 bits per heavy atom. The van der Waals surface area contributed by atoms with E-state index >= 15 is 0 Å². The summed E-state index contributed by atoms with van der Waals surface area (Å²) < 4.78 is 6.65. The summed E-state index contributed by atoms with van der Waals surface area (Å²) >= 11 is 3.36. The van der Waals surface area contributed by atoms with Crippen molar-refractivity contribution in [2.24, 2.45) is 0 Å². The van der Waals surface area contributed by atoms with Crippen LogP contribution in [-0.2, 0) is 9.59 Å². The van der Waals surface area contributed by atoms with Gasteiger partial charge in [-0.05, 0) is 44.0 Å². The standard InChI is InChI=1S/C16H21BrN2O3/c1-11(22-13-8-6-12(17)7-9-13)15(20)19-10-4-5-14(19)16(21)18(2)3/h6-9,11,14H,4-5,10H2,1-3H3. The first-order valence-corrected chi connectivity index (χ1v) is 8.13. The van der Waals surface area contributed by atoms with E-state index in [9.17, 15) is 9.59 Å². The van der Waals surface area contributed by atoms with Crippen molar-refractivity contribution in [2.45, 2.75) is 31.9 Å². The van der Waals surface area contributed by atoms with E-state index in [4.69, 9.17) is 4.74 Å². The summed E-state index contributed by atoms with van der Waals surface area (Å²) in [5.41, 5.74) is 0. The molecular formula is C16H21BrN2O3. The number of carbonyl (C=O) groups excluding carboxylic acids is 2. The molecule has 1 heterocycles. The lowest BCUT2D eigenvalue weighted by Gasteiger charge is -2.28. The van der Waals surface area contributed by atoms with E-state index in [-0.39, 0.29) is 17.9 Å². The predicted molar refractivity (Wildman–Crippen MR) is 87.7 cm³/mol. The van der Waals surface area contributed by atoms with Crippen molar-refractivity contribution in [3.8, 4) is 5.75 Å². The van der Waals surface area contributed by atoms with E-state index in [0.29, 0.717) is 18.7 Å². The molecule has 0 N–H and O–H groups in total. The first kappa shape index (κ1) is 16.8. The second kappa shape index (κ2) is 7.13. The van der Waals surface area contributed by atoms with Crippen LogP contribution in [0.1, 0.15) is 19.8 Å². The molecule has 2 atom stereocenters. The Balaban J connectivity index is 2.03. The lowest BCUT2D eigenvalue weighted by Crippen LogP contribution is -2.49. The highest BCUT2D eigenvalue weighted by molar-refractivity contribution is 9.10. The molecule has 2 unspecified atom stereocenters. The molecule has 1 aromatic carbocycles. The van der Waals surface area contributed by atoms with E-state index in [1.165, 1.54) is 4.90 Å². The van der Waals surface area contributed by atoms with Gasteiger partial charge in [-0.1, -0.05) is 15.9 Å².